The van der Waals surface area contributed by atoms with Crippen LogP contribution in [0.25, 0.3) is 5.69 Å². The molecule has 0 radical (unpaired) electrons. The molecule has 2 aliphatic carbocycles. The van der Waals surface area contributed by atoms with Gasteiger partial charge in [-0.2, -0.15) is 0 Å². The molecule has 1 aliphatic heterocycles. The lowest BCUT2D eigenvalue weighted by Crippen LogP contribution is -2.40. The maximum absolute atomic E-state index is 14.3. The summed E-state index contributed by atoms with van der Waals surface area (Å²) in [6.45, 7) is 4.09. The molecule has 0 unspecified atom stereocenters. The van der Waals surface area contributed by atoms with Gasteiger partial charge in [-0.3, -0.25) is 0 Å². The molecule has 31 heavy (non-hydrogen) atoms. The molecular weight excluding hydrogens is 401 g/mol. The molecule has 2 saturated carbocycles. The molecule has 9 heteroatoms. The molecule has 166 valence electrons. The summed E-state index contributed by atoms with van der Waals surface area (Å²) in [5.41, 5.74) is 0.349. The second kappa shape index (κ2) is 8.09. The number of halogens is 1. The summed E-state index contributed by atoms with van der Waals surface area (Å²) in [6, 6.07) is 4.72. The van der Waals surface area contributed by atoms with Gasteiger partial charge >= 0.3 is 6.09 Å². The van der Waals surface area contributed by atoms with Crippen LogP contribution in [-0.4, -0.2) is 56.5 Å². The number of amides is 1. The minimum Gasteiger partial charge on any atom is -0.491 e. The second-order valence-corrected chi connectivity index (χ2v) is 9.31. The first kappa shape index (κ1) is 20.2. The van der Waals surface area contributed by atoms with Crippen molar-refractivity contribution in [3.05, 3.63) is 30.3 Å². The van der Waals surface area contributed by atoms with Gasteiger partial charge in [-0.15, -0.1) is 5.10 Å². The van der Waals surface area contributed by atoms with Gasteiger partial charge in [0.2, 0.25) is 0 Å². The molecule has 8 nitrogen and oxygen atoms in total. The summed E-state index contributed by atoms with van der Waals surface area (Å²) in [4.78, 5) is 14.1. The van der Waals surface area contributed by atoms with Crippen LogP contribution in [0.1, 0.15) is 45.4 Å². The standard InChI is InChI=1S/C22H28FN5O3/c1-22(7-8-22)31-21(29)27-9-4-15(5-10-27)18-12-16(18)6-11-30-20-3-2-17(13-19(20)23)28-14-24-25-26-28/h2-3,13-16,18H,4-12H2,1H3/t16-,18+/m0/s1. The van der Waals surface area contributed by atoms with Crippen LogP contribution in [0.3, 0.4) is 0 Å². The van der Waals surface area contributed by atoms with E-state index in [-0.39, 0.29) is 17.4 Å². The Labute approximate surface area is 180 Å². The number of benzene rings is 1. The van der Waals surface area contributed by atoms with Gasteiger partial charge in [0, 0.05) is 19.2 Å². The fourth-order valence-corrected chi connectivity index (χ4v) is 4.59. The molecule has 2 heterocycles. The summed E-state index contributed by atoms with van der Waals surface area (Å²) < 4.78 is 27.0. The minimum atomic E-state index is -0.417. The van der Waals surface area contributed by atoms with Crippen LogP contribution < -0.4 is 4.74 Å². The second-order valence-electron chi connectivity index (χ2n) is 9.31. The predicted molar refractivity (Wildman–Crippen MR) is 109 cm³/mol. The summed E-state index contributed by atoms with van der Waals surface area (Å²) in [5.74, 6) is 1.84. The number of rotatable bonds is 7. The van der Waals surface area contributed by atoms with E-state index in [1.165, 1.54) is 23.5 Å². The number of hydrogen-bond acceptors (Lipinski definition) is 6. The van der Waals surface area contributed by atoms with Crippen LogP contribution in [0.5, 0.6) is 5.75 Å². The Morgan fingerprint density at radius 3 is 2.77 bits per heavy atom. The van der Waals surface area contributed by atoms with E-state index >= 15 is 0 Å². The topological polar surface area (TPSA) is 82.4 Å². The molecule has 1 aromatic carbocycles. The lowest BCUT2D eigenvalue weighted by Gasteiger charge is -2.32. The van der Waals surface area contributed by atoms with Crippen molar-refractivity contribution in [3.8, 4) is 11.4 Å². The fraction of sp³-hybridized carbons (Fsp3) is 0.636. The number of carbonyl (C=O) groups excluding carboxylic acids is 1. The van der Waals surface area contributed by atoms with Crippen molar-refractivity contribution in [2.75, 3.05) is 19.7 Å². The predicted octanol–water partition coefficient (Wildman–Crippen LogP) is 3.61. The molecule has 0 bridgehead atoms. The monoisotopic (exact) mass is 429 g/mol. The van der Waals surface area contributed by atoms with Gasteiger partial charge in [0.25, 0.3) is 0 Å². The van der Waals surface area contributed by atoms with E-state index in [2.05, 4.69) is 15.5 Å². The zero-order chi connectivity index (χ0) is 21.4. The van der Waals surface area contributed by atoms with Crippen LogP contribution in [0.2, 0.25) is 0 Å². The van der Waals surface area contributed by atoms with Gasteiger partial charge < -0.3 is 14.4 Å². The van der Waals surface area contributed by atoms with Crippen molar-refractivity contribution in [1.82, 2.24) is 25.1 Å². The Bertz CT molecular complexity index is 925. The highest BCUT2D eigenvalue weighted by Crippen LogP contribution is 2.50. The van der Waals surface area contributed by atoms with Gasteiger partial charge in [-0.25, -0.2) is 13.9 Å². The summed E-state index contributed by atoms with van der Waals surface area (Å²) in [5, 5.41) is 10.9. The molecule has 0 N–H and O–H groups in total. The third-order valence-corrected chi connectivity index (χ3v) is 6.94. The summed E-state index contributed by atoms with van der Waals surface area (Å²) in [7, 11) is 0. The van der Waals surface area contributed by atoms with Crippen molar-refractivity contribution < 1.29 is 18.7 Å². The van der Waals surface area contributed by atoms with Gasteiger partial charge in [0.05, 0.1) is 12.3 Å². The molecule has 1 aromatic heterocycles. The number of aromatic nitrogens is 4. The highest BCUT2D eigenvalue weighted by Gasteiger charge is 2.45. The molecule has 0 spiro atoms. The van der Waals surface area contributed by atoms with Crippen LogP contribution >= 0.6 is 0 Å². The zero-order valence-corrected chi connectivity index (χ0v) is 17.7. The van der Waals surface area contributed by atoms with Gasteiger partial charge in [-0.05, 0) is 85.8 Å². The van der Waals surface area contributed by atoms with Crippen molar-refractivity contribution >= 4 is 6.09 Å². The van der Waals surface area contributed by atoms with Crippen LogP contribution in [0, 0.1) is 23.6 Å². The lowest BCUT2D eigenvalue weighted by atomic mass is 9.91. The van der Waals surface area contributed by atoms with E-state index in [4.69, 9.17) is 9.47 Å². The maximum Gasteiger partial charge on any atom is 0.410 e. The van der Waals surface area contributed by atoms with Crippen LogP contribution in [0.4, 0.5) is 9.18 Å². The van der Waals surface area contributed by atoms with E-state index in [1.54, 1.807) is 12.1 Å². The zero-order valence-electron chi connectivity index (χ0n) is 17.7. The van der Waals surface area contributed by atoms with E-state index in [0.29, 0.717) is 30.0 Å². The lowest BCUT2D eigenvalue weighted by molar-refractivity contribution is 0.0473. The Balaban J connectivity index is 1.03. The summed E-state index contributed by atoms with van der Waals surface area (Å²) >= 11 is 0. The van der Waals surface area contributed by atoms with E-state index < -0.39 is 5.82 Å². The normalized spacial score (nSPS) is 24.6. The van der Waals surface area contributed by atoms with Crippen LogP contribution in [-0.2, 0) is 4.74 Å². The van der Waals surface area contributed by atoms with E-state index in [0.717, 1.165) is 45.2 Å². The third kappa shape index (κ3) is 4.65. The van der Waals surface area contributed by atoms with Gasteiger partial charge in [-0.1, -0.05) is 0 Å². The third-order valence-electron chi connectivity index (χ3n) is 6.94. The molecule has 3 fully saturated rings. The highest BCUT2D eigenvalue weighted by molar-refractivity contribution is 5.68. The number of piperidine rings is 1. The number of carbonyl (C=O) groups is 1. The number of likely N-dealkylation sites (tertiary alicyclic amines) is 1. The molecular formula is C22H28FN5O3. The minimum absolute atomic E-state index is 0.146. The molecule has 2 aromatic rings. The SMILES string of the molecule is CC1(OC(=O)N2CCC([C@H]3C[C@@H]3CCOc3ccc(-n4cnnn4)cc3F)CC2)CC1. The van der Waals surface area contributed by atoms with Crippen molar-refractivity contribution in [1.29, 1.82) is 0 Å². The van der Waals surface area contributed by atoms with Gasteiger partial charge in [0.1, 0.15) is 11.9 Å². The van der Waals surface area contributed by atoms with Crippen molar-refractivity contribution in [2.45, 2.75) is 51.0 Å². The van der Waals surface area contributed by atoms with Crippen molar-refractivity contribution in [2.24, 2.45) is 17.8 Å². The number of nitrogens with zero attached hydrogens (tertiary/aromatic N) is 5. The average molecular weight is 429 g/mol. The first-order chi connectivity index (χ1) is 15.0. The largest absolute Gasteiger partial charge is 0.491 e. The molecule has 2 atom stereocenters. The first-order valence-electron chi connectivity index (χ1n) is 11.1. The van der Waals surface area contributed by atoms with Gasteiger partial charge in [0.15, 0.2) is 11.6 Å². The Hall–Kier alpha value is -2.71. The molecule has 1 amide bonds. The Morgan fingerprint density at radius 1 is 1.29 bits per heavy atom. The molecule has 5 rings (SSSR count). The van der Waals surface area contributed by atoms with E-state index in [9.17, 15) is 9.18 Å². The number of ether oxygens (including phenoxy) is 2. The Kier molecular flexibility index (Phi) is 5.27. The maximum atomic E-state index is 14.3. The fourth-order valence-electron chi connectivity index (χ4n) is 4.59. The molecule has 3 aliphatic rings. The summed E-state index contributed by atoms with van der Waals surface area (Å²) in [6.07, 6.45) is 7.46. The number of hydrogen-bond donors (Lipinski definition) is 0. The smallest absolute Gasteiger partial charge is 0.410 e. The quantitative estimate of drug-likeness (QED) is 0.669. The average Bonchev–Trinajstić information content (AvgIpc) is 3.63. The molecule has 1 saturated heterocycles. The highest BCUT2D eigenvalue weighted by atomic mass is 19.1. The van der Waals surface area contributed by atoms with E-state index in [1.807, 2.05) is 11.8 Å². The first-order valence-corrected chi connectivity index (χ1v) is 11.1. The van der Waals surface area contributed by atoms with Crippen LogP contribution in [0.15, 0.2) is 24.5 Å². The van der Waals surface area contributed by atoms with Crippen molar-refractivity contribution in [3.63, 3.8) is 0 Å². The number of tetrazole rings is 1. The Morgan fingerprint density at radius 2 is 2.10 bits per heavy atom.